The van der Waals surface area contributed by atoms with Crippen LogP contribution in [0.2, 0.25) is 0 Å². The number of hydrogen-bond donors (Lipinski definition) is 2. The topological polar surface area (TPSA) is 50.1 Å². The Kier molecular flexibility index (Phi) is 3.41. The van der Waals surface area contributed by atoms with Crippen LogP contribution in [0.15, 0.2) is 24.5 Å². The first-order chi connectivity index (χ1) is 7.69. The Bertz CT molecular complexity index is 372. The zero-order valence-electron chi connectivity index (χ0n) is 9.80. The highest BCUT2D eigenvalue weighted by Gasteiger charge is 2.20. The first-order valence-corrected chi connectivity index (χ1v) is 5.73. The van der Waals surface area contributed by atoms with Gasteiger partial charge in [0.25, 0.3) is 0 Å². The highest BCUT2D eigenvalue weighted by atomic mass is 16.3. The third kappa shape index (κ3) is 2.51. The number of aliphatic hydroxyl groups excluding tert-OH is 1. The molecule has 2 N–H and O–H groups in total. The molecule has 0 spiro atoms. The van der Waals surface area contributed by atoms with Gasteiger partial charge in [0, 0.05) is 43.4 Å². The molecule has 0 saturated heterocycles. The third-order valence-corrected chi connectivity index (χ3v) is 3.10. The number of aliphatic hydroxyl groups is 1. The molecule has 1 heterocycles. The maximum Gasteiger partial charge on any atom is 0.0537 e. The molecule has 0 bridgehead atoms. The maximum atomic E-state index is 9.05. The van der Waals surface area contributed by atoms with Gasteiger partial charge in [0.05, 0.1) is 6.20 Å². The van der Waals surface area contributed by atoms with Crippen molar-refractivity contribution in [2.45, 2.75) is 25.4 Å². The molecule has 1 unspecified atom stereocenters. The molecule has 0 aliphatic heterocycles. The summed E-state index contributed by atoms with van der Waals surface area (Å²) >= 11 is 0. The molecule has 0 radical (unpaired) electrons. The van der Waals surface area contributed by atoms with Crippen LogP contribution in [0.25, 0.3) is 0 Å². The van der Waals surface area contributed by atoms with Crippen molar-refractivity contribution in [3.8, 4) is 0 Å². The van der Waals surface area contributed by atoms with Crippen molar-refractivity contribution in [1.29, 1.82) is 0 Å². The van der Waals surface area contributed by atoms with Gasteiger partial charge in [-0.25, -0.2) is 0 Å². The Hall–Kier alpha value is -1.13. The van der Waals surface area contributed by atoms with E-state index in [-0.39, 0.29) is 6.61 Å². The number of rotatable bonds is 4. The minimum atomic E-state index is 0.246. The van der Waals surface area contributed by atoms with Crippen molar-refractivity contribution in [3.05, 3.63) is 30.1 Å². The molecule has 0 aromatic carbocycles. The van der Waals surface area contributed by atoms with Crippen molar-refractivity contribution in [3.63, 3.8) is 0 Å². The molecule has 2 rings (SSSR count). The molecule has 1 aliphatic rings. The number of nitrogens with one attached hydrogen (secondary N) is 1. The molecular formula is C12H19N3O. The van der Waals surface area contributed by atoms with Gasteiger partial charge in [0.2, 0.25) is 0 Å². The van der Waals surface area contributed by atoms with Gasteiger partial charge < -0.3 is 10.4 Å². The minimum Gasteiger partial charge on any atom is -0.396 e. The fraction of sp³-hybridized carbons (Fsp3) is 0.583. The van der Waals surface area contributed by atoms with E-state index in [0.717, 1.165) is 6.42 Å². The molecule has 0 fully saturated rings. The quantitative estimate of drug-likeness (QED) is 0.746. The van der Waals surface area contributed by atoms with E-state index in [4.69, 9.17) is 5.11 Å². The van der Waals surface area contributed by atoms with Crippen LogP contribution in [0.5, 0.6) is 0 Å². The Morgan fingerprint density at radius 3 is 3.00 bits per heavy atom. The van der Waals surface area contributed by atoms with Gasteiger partial charge in [-0.1, -0.05) is 12.2 Å². The Morgan fingerprint density at radius 1 is 1.62 bits per heavy atom. The molecule has 16 heavy (non-hydrogen) atoms. The van der Waals surface area contributed by atoms with Crippen LogP contribution in [-0.2, 0) is 7.05 Å². The van der Waals surface area contributed by atoms with Crippen molar-refractivity contribution in [1.82, 2.24) is 15.1 Å². The second-order valence-electron chi connectivity index (χ2n) is 4.51. The summed E-state index contributed by atoms with van der Waals surface area (Å²) in [6.45, 7) is 2.38. The summed E-state index contributed by atoms with van der Waals surface area (Å²) in [4.78, 5) is 0. The highest BCUT2D eigenvalue weighted by Crippen LogP contribution is 2.20. The van der Waals surface area contributed by atoms with E-state index in [0.29, 0.717) is 18.0 Å². The zero-order chi connectivity index (χ0) is 11.5. The van der Waals surface area contributed by atoms with E-state index in [1.54, 1.807) is 0 Å². The average molecular weight is 221 g/mol. The van der Waals surface area contributed by atoms with E-state index in [9.17, 15) is 0 Å². The number of aryl methyl sites for hydroxylation is 1. The summed E-state index contributed by atoms with van der Waals surface area (Å²) in [6.07, 6.45) is 9.14. The lowest BCUT2D eigenvalue weighted by atomic mass is 10.1. The van der Waals surface area contributed by atoms with E-state index in [1.165, 1.54) is 5.56 Å². The van der Waals surface area contributed by atoms with Gasteiger partial charge in [0.1, 0.15) is 0 Å². The lowest BCUT2D eigenvalue weighted by Gasteiger charge is -2.18. The SMILES string of the molecule is CC(N[C@@H]1C=C[C@H](CO)C1)c1cnn(C)c1. The fourth-order valence-electron chi connectivity index (χ4n) is 2.11. The lowest BCUT2D eigenvalue weighted by Crippen LogP contribution is -2.29. The van der Waals surface area contributed by atoms with Gasteiger partial charge in [-0.15, -0.1) is 0 Å². The van der Waals surface area contributed by atoms with Crippen LogP contribution in [-0.4, -0.2) is 27.5 Å². The van der Waals surface area contributed by atoms with Crippen LogP contribution in [0, 0.1) is 5.92 Å². The predicted octanol–water partition coefficient (Wildman–Crippen LogP) is 1.01. The summed E-state index contributed by atoms with van der Waals surface area (Å²) in [6, 6.07) is 0.660. The van der Waals surface area contributed by atoms with Crippen LogP contribution in [0.3, 0.4) is 0 Å². The fourth-order valence-corrected chi connectivity index (χ4v) is 2.11. The van der Waals surface area contributed by atoms with Crippen LogP contribution in [0.4, 0.5) is 0 Å². The zero-order valence-corrected chi connectivity index (χ0v) is 9.80. The molecule has 88 valence electrons. The highest BCUT2D eigenvalue weighted by molar-refractivity contribution is 5.12. The maximum absolute atomic E-state index is 9.05. The van der Waals surface area contributed by atoms with E-state index < -0.39 is 0 Å². The first kappa shape index (κ1) is 11.4. The van der Waals surface area contributed by atoms with E-state index >= 15 is 0 Å². The second-order valence-corrected chi connectivity index (χ2v) is 4.51. The smallest absolute Gasteiger partial charge is 0.0537 e. The number of aromatic nitrogens is 2. The molecule has 3 atom stereocenters. The molecule has 0 saturated carbocycles. The van der Waals surface area contributed by atoms with Gasteiger partial charge in [0.15, 0.2) is 0 Å². The lowest BCUT2D eigenvalue weighted by molar-refractivity contribution is 0.245. The average Bonchev–Trinajstić information content (AvgIpc) is 2.87. The first-order valence-electron chi connectivity index (χ1n) is 5.73. The molecule has 4 heteroatoms. The standard InChI is InChI=1S/C12H19N3O/c1-9(11-6-13-15(2)7-11)14-12-4-3-10(5-12)8-16/h3-4,6-7,9-10,12,14,16H,5,8H2,1-2H3/t9?,10-,12+/m0/s1. The van der Waals surface area contributed by atoms with Crippen molar-refractivity contribution in [2.75, 3.05) is 6.61 Å². The molecule has 1 aromatic rings. The third-order valence-electron chi connectivity index (χ3n) is 3.10. The van der Waals surface area contributed by atoms with Crippen LogP contribution in [0.1, 0.15) is 24.9 Å². The summed E-state index contributed by atoms with van der Waals surface area (Å²) in [5.41, 5.74) is 1.20. The van der Waals surface area contributed by atoms with Crippen molar-refractivity contribution in [2.24, 2.45) is 13.0 Å². The summed E-state index contributed by atoms with van der Waals surface area (Å²) in [7, 11) is 1.92. The van der Waals surface area contributed by atoms with Crippen molar-refractivity contribution >= 4 is 0 Å². The van der Waals surface area contributed by atoms with Crippen LogP contribution >= 0.6 is 0 Å². The Morgan fingerprint density at radius 2 is 2.44 bits per heavy atom. The van der Waals surface area contributed by atoms with Gasteiger partial charge >= 0.3 is 0 Å². The second kappa shape index (κ2) is 4.80. The molecule has 1 aliphatic carbocycles. The molecule has 0 amide bonds. The van der Waals surface area contributed by atoms with Gasteiger partial charge in [-0.2, -0.15) is 5.10 Å². The monoisotopic (exact) mass is 221 g/mol. The summed E-state index contributed by atoms with van der Waals surface area (Å²) in [5.74, 6) is 0.318. The van der Waals surface area contributed by atoms with Crippen LogP contribution < -0.4 is 5.32 Å². The number of hydrogen-bond acceptors (Lipinski definition) is 3. The predicted molar refractivity (Wildman–Crippen MR) is 62.9 cm³/mol. The van der Waals surface area contributed by atoms with E-state index in [2.05, 4.69) is 29.5 Å². The van der Waals surface area contributed by atoms with Gasteiger partial charge in [-0.3, -0.25) is 4.68 Å². The van der Waals surface area contributed by atoms with Crippen molar-refractivity contribution < 1.29 is 5.11 Å². The summed E-state index contributed by atoms with van der Waals surface area (Å²) in [5, 5.41) is 16.7. The molecular weight excluding hydrogens is 202 g/mol. The molecule has 1 aromatic heterocycles. The van der Waals surface area contributed by atoms with E-state index in [1.807, 2.05) is 24.1 Å². The molecule has 4 nitrogen and oxygen atoms in total. The normalized spacial score (nSPS) is 26.2. The Balaban J connectivity index is 1.89. The Labute approximate surface area is 96.0 Å². The number of nitrogens with zero attached hydrogens (tertiary/aromatic N) is 2. The largest absolute Gasteiger partial charge is 0.396 e. The minimum absolute atomic E-state index is 0.246. The van der Waals surface area contributed by atoms with Gasteiger partial charge in [-0.05, 0) is 13.3 Å². The summed E-state index contributed by atoms with van der Waals surface area (Å²) < 4.78 is 1.81.